The van der Waals surface area contributed by atoms with Gasteiger partial charge >= 0.3 is 5.97 Å². The SMILES string of the molecule is COC(=O)c1ccc(S(=O)(=O)N(CCN)CCc2ccccc2)cc1OC.Cl. The lowest BCUT2D eigenvalue weighted by atomic mass is 10.1. The fourth-order valence-corrected chi connectivity index (χ4v) is 4.13. The van der Waals surface area contributed by atoms with Crippen molar-refractivity contribution in [1.29, 1.82) is 0 Å². The lowest BCUT2D eigenvalue weighted by molar-refractivity contribution is 0.0597. The van der Waals surface area contributed by atoms with Crippen LogP contribution >= 0.6 is 12.4 Å². The third kappa shape index (κ3) is 5.68. The maximum absolute atomic E-state index is 13.1. The molecular formula is C19H25ClN2O5S. The number of hydrogen-bond donors (Lipinski definition) is 1. The van der Waals surface area contributed by atoms with Gasteiger partial charge in [0.25, 0.3) is 0 Å². The van der Waals surface area contributed by atoms with Gasteiger partial charge in [-0.15, -0.1) is 12.4 Å². The summed E-state index contributed by atoms with van der Waals surface area (Å²) in [5.74, 6) is -0.461. The van der Waals surface area contributed by atoms with Crippen LogP contribution in [0.15, 0.2) is 53.4 Å². The Balaban J connectivity index is 0.00000392. The highest BCUT2D eigenvalue weighted by Crippen LogP contribution is 2.26. The first-order valence-corrected chi connectivity index (χ1v) is 9.88. The molecule has 0 aliphatic rings. The van der Waals surface area contributed by atoms with Crippen molar-refractivity contribution in [3.63, 3.8) is 0 Å². The zero-order valence-electron chi connectivity index (χ0n) is 15.8. The molecule has 2 aromatic carbocycles. The second-order valence-corrected chi connectivity index (χ2v) is 7.72. The van der Waals surface area contributed by atoms with E-state index < -0.39 is 16.0 Å². The van der Waals surface area contributed by atoms with Crippen molar-refractivity contribution in [2.75, 3.05) is 33.9 Å². The molecular weight excluding hydrogens is 404 g/mol. The van der Waals surface area contributed by atoms with Crippen molar-refractivity contribution in [1.82, 2.24) is 4.31 Å². The van der Waals surface area contributed by atoms with Gasteiger partial charge in [-0.25, -0.2) is 13.2 Å². The highest BCUT2D eigenvalue weighted by molar-refractivity contribution is 7.89. The van der Waals surface area contributed by atoms with Crippen molar-refractivity contribution in [3.05, 3.63) is 59.7 Å². The van der Waals surface area contributed by atoms with E-state index in [1.54, 1.807) is 0 Å². The van der Waals surface area contributed by atoms with Crippen LogP contribution in [0, 0.1) is 0 Å². The summed E-state index contributed by atoms with van der Waals surface area (Å²) in [6.07, 6.45) is 0.567. The third-order valence-electron chi connectivity index (χ3n) is 4.09. The van der Waals surface area contributed by atoms with Crippen LogP contribution in [0.5, 0.6) is 5.75 Å². The molecule has 0 aliphatic carbocycles. The predicted octanol–water partition coefficient (Wildman–Crippen LogP) is 2.10. The molecule has 0 heterocycles. The van der Waals surface area contributed by atoms with E-state index >= 15 is 0 Å². The molecule has 28 heavy (non-hydrogen) atoms. The van der Waals surface area contributed by atoms with E-state index in [2.05, 4.69) is 4.74 Å². The van der Waals surface area contributed by atoms with Gasteiger partial charge in [-0.3, -0.25) is 0 Å². The minimum atomic E-state index is -3.79. The van der Waals surface area contributed by atoms with Gasteiger partial charge in [0.2, 0.25) is 10.0 Å². The van der Waals surface area contributed by atoms with Crippen LogP contribution in [0.4, 0.5) is 0 Å². The summed E-state index contributed by atoms with van der Waals surface area (Å²) >= 11 is 0. The van der Waals surface area contributed by atoms with E-state index in [0.717, 1.165) is 5.56 Å². The largest absolute Gasteiger partial charge is 0.496 e. The fourth-order valence-electron chi connectivity index (χ4n) is 2.65. The molecule has 0 bridgehead atoms. The Bertz CT molecular complexity index is 875. The van der Waals surface area contributed by atoms with Crippen LogP contribution in [0.1, 0.15) is 15.9 Å². The first kappa shape index (κ1) is 23.9. The molecule has 2 N–H and O–H groups in total. The fraction of sp³-hybridized carbons (Fsp3) is 0.316. The summed E-state index contributed by atoms with van der Waals surface area (Å²) in [7, 11) is -1.18. The second-order valence-electron chi connectivity index (χ2n) is 5.78. The smallest absolute Gasteiger partial charge is 0.341 e. The first-order valence-electron chi connectivity index (χ1n) is 8.44. The van der Waals surface area contributed by atoms with E-state index in [0.29, 0.717) is 13.0 Å². The number of ether oxygens (including phenoxy) is 2. The van der Waals surface area contributed by atoms with Crippen LogP contribution in [0.25, 0.3) is 0 Å². The highest BCUT2D eigenvalue weighted by atomic mass is 35.5. The van der Waals surface area contributed by atoms with Crippen LogP contribution in [0.3, 0.4) is 0 Å². The zero-order valence-corrected chi connectivity index (χ0v) is 17.5. The molecule has 154 valence electrons. The number of esters is 1. The van der Waals surface area contributed by atoms with E-state index in [-0.39, 0.29) is 41.7 Å². The number of carbonyl (C=O) groups is 1. The number of halogens is 1. The number of nitrogens with two attached hydrogens (primary N) is 1. The van der Waals surface area contributed by atoms with Gasteiger partial charge in [-0.05, 0) is 24.1 Å². The average molecular weight is 429 g/mol. The van der Waals surface area contributed by atoms with Crippen molar-refractivity contribution >= 4 is 28.4 Å². The predicted molar refractivity (Wildman–Crippen MR) is 110 cm³/mol. The summed E-state index contributed by atoms with van der Waals surface area (Å²) in [5, 5.41) is 0. The maximum Gasteiger partial charge on any atom is 0.341 e. The second kappa shape index (κ2) is 11.0. The Kier molecular flexibility index (Phi) is 9.40. The lowest BCUT2D eigenvalue weighted by Crippen LogP contribution is -2.37. The standard InChI is InChI=1S/C19H24N2O5S.ClH/c1-25-18-14-16(8-9-17(18)19(22)26-2)27(23,24)21(13-11-20)12-10-15-6-4-3-5-7-15;/h3-9,14H,10-13,20H2,1-2H3;1H. The summed E-state index contributed by atoms with van der Waals surface area (Å²) in [6, 6.07) is 13.7. The van der Waals surface area contributed by atoms with Gasteiger partial charge < -0.3 is 15.2 Å². The molecule has 7 nitrogen and oxygen atoms in total. The van der Waals surface area contributed by atoms with Gasteiger partial charge in [-0.2, -0.15) is 4.31 Å². The van der Waals surface area contributed by atoms with E-state index in [9.17, 15) is 13.2 Å². The molecule has 0 aliphatic heterocycles. The van der Waals surface area contributed by atoms with Crippen molar-refractivity contribution in [2.24, 2.45) is 5.73 Å². The minimum absolute atomic E-state index is 0. The Morgan fingerprint density at radius 1 is 1.07 bits per heavy atom. The maximum atomic E-state index is 13.1. The van der Waals surface area contributed by atoms with Crippen LogP contribution in [-0.4, -0.2) is 52.5 Å². The lowest BCUT2D eigenvalue weighted by Gasteiger charge is -2.22. The Hall–Kier alpha value is -2.13. The topological polar surface area (TPSA) is 98.9 Å². The Morgan fingerprint density at radius 3 is 2.32 bits per heavy atom. The van der Waals surface area contributed by atoms with E-state index in [1.807, 2.05) is 30.3 Å². The molecule has 0 atom stereocenters. The molecule has 0 saturated carbocycles. The number of nitrogens with zero attached hydrogens (tertiary/aromatic N) is 1. The quantitative estimate of drug-likeness (QED) is 0.614. The van der Waals surface area contributed by atoms with Crippen LogP contribution in [0.2, 0.25) is 0 Å². The van der Waals surface area contributed by atoms with Gasteiger partial charge in [-0.1, -0.05) is 30.3 Å². The molecule has 2 aromatic rings. The molecule has 2 rings (SSSR count). The molecule has 0 amide bonds. The monoisotopic (exact) mass is 428 g/mol. The number of rotatable bonds is 9. The molecule has 0 saturated heterocycles. The summed E-state index contributed by atoms with van der Waals surface area (Å²) in [4.78, 5) is 11.8. The Labute approximate surface area is 171 Å². The summed E-state index contributed by atoms with van der Waals surface area (Å²) in [5.41, 5.74) is 6.82. The van der Waals surface area contributed by atoms with Crippen molar-refractivity contribution in [3.8, 4) is 5.75 Å². The number of carbonyl (C=O) groups excluding carboxylic acids is 1. The first-order chi connectivity index (χ1) is 12.9. The van der Waals surface area contributed by atoms with E-state index in [4.69, 9.17) is 10.5 Å². The van der Waals surface area contributed by atoms with E-state index in [1.165, 1.54) is 36.7 Å². The highest BCUT2D eigenvalue weighted by Gasteiger charge is 2.26. The normalized spacial score (nSPS) is 11.0. The number of benzene rings is 2. The van der Waals surface area contributed by atoms with Crippen LogP contribution in [-0.2, 0) is 21.2 Å². The number of methoxy groups -OCH3 is 2. The zero-order chi connectivity index (χ0) is 19.9. The Morgan fingerprint density at radius 2 is 1.75 bits per heavy atom. The van der Waals surface area contributed by atoms with Crippen molar-refractivity contribution < 1.29 is 22.7 Å². The number of hydrogen-bond acceptors (Lipinski definition) is 6. The van der Waals surface area contributed by atoms with Crippen molar-refractivity contribution in [2.45, 2.75) is 11.3 Å². The molecule has 0 spiro atoms. The molecule has 0 unspecified atom stereocenters. The third-order valence-corrected chi connectivity index (χ3v) is 5.98. The average Bonchev–Trinajstić information content (AvgIpc) is 2.70. The molecule has 9 heteroatoms. The number of sulfonamides is 1. The van der Waals surface area contributed by atoms with Gasteiger partial charge in [0.15, 0.2) is 0 Å². The van der Waals surface area contributed by atoms with Crippen LogP contribution < -0.4 is 10.5 Å². The molecule has 0 aromatic heterocycles. The van der Waals surface area contributed by atoms with Gasteiger partial charge in [0, 0.05) is 25.7 Å². The van der Waals surface area contributed by atoms with Gasteiger partial charge in [0.05, 0.1) is 19.1 Å². The summed E-state index contributed by atoms with van der Waals surface area (Å²) in [6.45, 7) is 0.687. The molecule has 0 radical (unpaired) electrons. The summed E-state index contributed by atoms with van der Waals surface area (Å²) < 4.78 is 37.3. The molecule has 0 fully saturated rings. The minimum Gasteiger partial charge on any atom is -0.496 e. The van der Waals surface area contributed by atoms with Gasteiger partial charge in [0.1, 0.15) is 11.3 Å².